The molecule has 1 aromatic carbocycles. The van der Waals surface area contributed by atoms with Gasteiger partial charge in [0.2, 0.25) is 0 Å². The SMILES string of the molecule is C=CCN1C(=O)S/C(=C/c2ccc3c(c2)C(C)CC(C)(C)N3C)C1=O. The highest BCUT2D eigenvalue weighted by molar-refractivity contribution is 8.18. The maximum Gasteiger partial charge on any atom is 0.293 e. The number of nitrogens with zero attached hydrogens (tertiary/aromatic N) is 2. The molecule has 2 heterocycles. The van der Waals surface area contributed by atoms with Crippen LogP contribution in [0.25, 0.3) is 6.08 Å². The highest BCUT2D eigenvalue weighted by atomic mass is 32.2. The monoisotopic (exact) mass is 356 g/mol. The van der Waals surface area contributed by atoms with E-state index in [0.29, 0.717) is 10.8 Å². The van der Waals surface area contributed by atoms with E-state index in [4.69, 9.17) is 0 Å². The van der Waals surface area contributed by atoms with Crippen molar-refractivity contribution in [1.82, 2.24) is 4.90 Å². The maximum absolute atomic E-state index is 12.4. The van der Waals surface area contributed by atoms with E-state index >= 15 is 0 Å². The third-order valence-corrected chi connectivity index (χ3v) is 6.05. The summed E-state index contributed by atoms with van der Waals surface area (Å²) in [6.45, 7) is 10.6. The highest BCUT2D eigenvalue weighted by Crippen LogP contribution is 2.43. The molecule has 2 aliphatic rings. The van der Waals surface area contributed by atoms with Crippen LogP contribution in [-0.2, 0) is 4.79 Å². The van der Waals surface area contributed by atoms with Gasteiger partial charge in [0, 0.05) is 24.8 Å². The number of carbonyl (C=O) groups is 2. The Kier molecular flexibility index (Phi) is 4.54. The van der Waals surface area contributed by atoms with Crippen molar-refractivity contribution in [2.75, 3.05) is 18.5 Å². The van der Waals surface area contributed by atoms with E-state index in [1.54, 1.807) is 6.08 Å². The molecule has 4 nitrogen and oxygen atoms in total. The second-order valence-electron chi connectivity index (χ2n) is 7.38. The minimum atomic E-state index is -0.237. The van der Waals surface area contributed by atoms with Crippen molar-refractivity contribution in [3.05, 3.63) is 46.9 Å². The third kappa shape index (κ3) is 3.13. The van der Waals surface area contributed by atoms with Gasteiger partial charge in [-0.2, -0.15) is 0 Å². The lowest BCUT2D eigenvalue weighted by Gasteiger charge is -2.45. The molecule has 1 saturated heterocycles. The van der Waals surface area contributed by atoms with Gasteiger partial charge >= 0.3 is 0 Å². The molecule has 3 rings (SSSR count). The van der Waals surface area contributed by atoms with E-state index in [2.05, 4.69) is 51.4 Å². The quantitative estimate of drug-likeness (QED) is 0.585. The molecular formula is C20H24N2O2S. The second kappa shape index (κ2) is 6.37. The number of thioether (sulfide) groups is 1. The third-order valence-electron chi connectivity index (χ3n) is 5.14. The fourth-order valence-electron chi connectivity index (χ4n) is 3.62. The minimum Gasteiger partial charge on any atom is -0.369 e. The first-order valence-corrected chi connectivity index (χ1v) is 9.30. The van der Waals surface area contributed by atoms with Gasteiger partial charge in [-0.1, -0.05) is 19.1 Å². The summed E-state index contributed by atoms with van der Waals surface area (Å²) in [5, 5.41) is -0.232. The smallest absolute Gasteiger partial charge is 0.293 e. The summed E-state index contributed by atoms with van der Waals surface area (Å²) in [6, 6.07) is 6.28. The number of benzene rings is 1. The molecule has 25 heavy (non-hydrogen) atoms. The van der Waals surface area contributed by atoms with Crippen molar-refractivity contribution < 1.29 is 9.59 Å². The molecule has 2 aliphatic heterocycles. The summed E-state index contributed by atoms with van der Waals surface area (Å²) >= 11 is 0.995. The number of fused-ring (bicyclic) bond motifs is 1. The molecule has 0 radical (unpaired) electrons. The number of amides is 2. The molecule has 132 valence electrons. The molecule has 0 aliphatic carbocycles. The van der Waals surface area contributed by atoms with Crippen LogP contribution in [0.4, 0.5) is 10.5 Å². The molecule has 1 unspecified atom stereocenters. The van der Waals surface area contributed by atoms with Gasteiger partial charge in [-0.3, -0.25) is 14.5 Å². The largest absolute Gasteiger partial charge is 0.369 e. The summed E-state index contributed by atoms with van der Waals surface area (Å²) in [7, 11) is 2.13. The van der Waals surface area contributed by atoms with Crippen LogP contribution in [0.2, 0.25) is 0 Å². The number of hydrogen-bond acceptors (Lipinski definition) is 4. The summed E-state index contributed by atoms with van der Waals surface area (Å²) in [5.41, 5.74) is 3.62. The predicted molar refractivity (Wildman–Crippen MR) is 105 cm³/mol. The van der Waals surface area contributed by atoms with Crippen LogP contribution >= 0.6 is 11.8 Å². The highest BCUT2D eigenvalue weighted by Gasteiger charge is 2.35. The van der Waals surface area contributed by atoms with Crippen LogP contribution in [0.1, 0.15) is 44.2 Å². The Balaban J connectivity index is 1.94. The Bertz CT molecular complexity index is 782. The van der Waals surface area contributed by atoms with E-state index in [1.807, 2.05) is 12.1 Å². The molecule has 0 saturated carbocycles. The van der Waals surface area contributed by atoms with E-state index in [0.717, 1.165) is 23.7 Å². The summed E-state index contributed by atoms with van der Waals surface area (Å²) < 4.78 is 0. The lowest BCUT2D eigenvalue weighted by Crippen LogP contribution is -2.45. The Hall–Kier alpha value is -2.01. The van der Waals surface area contributed by atoms with Crippen LogP contribution in [0.3, 0.4) is 0 Å². The molecule has 0 aromatic heterocycles. The molecule has 1 aromatic rings. The summed E-state index contributed by atoms with van der Waals surface area (Å²) in [4.78, 5) is 28.3. The molecule has 2 amide bonds. The van der Waals surface area contributed by atoms with Crippen molar-refractivity contribution in [3.63, 3.8) is 0 Å². The Labute approximate surface area is 153 Å². The predicted octanol–water partition coefficient (Wildman–Crippen LogP) is 4.63. The van der Waals surface area contributed by atoms with Gasteiger partial charge in [0.05, 0.1) is 4.91 Å². The molecule has 0 N–H and O–H groups in total. The van der Waals surface area contributed by atoms with Crippen molar-refractivity contribution in [2.45, 2.75) is 38.6 Å². The zero-order chi connectivity index (χ0) is 18.4. The van der Waals surface area contributed by atoms with Crippen LogP contribution in [0.5, 0.6) is 0 Å². The Morgan fingerprint density at radius 2 is 2.08 bits per heavy atom. The standard InChI is InChI=1S/C20H24N2O2S/c1-6-9-22-18(23)17(25-19(22)24)11-14-7-8-16-15(10-14)13(2)12-20(3,4)21(16)5/h6-8,10-11,13H,1,9,12H2,2-5H3/b17-11+. The molecule has 0 spiro atoms. The maximum atomic E-state index is 12.4. The fourth-order valence-corrected chi connectivity index (χ4v) is 4.47. The van der Waals surface area contributed by atoms with Crippen LogP contribution in [0, 0.1) is 0 Å². The van der Waals surface area contributed by atoms with Gasteiger partial charge in [0.1, 0.15) is 0 Å². The Morgan fingerprint density at radius 1 is 1.36 bits per heavy atom. The molecule has 0 bridgehead atoms. The zero-order valence-electron chi connectivity index (χ0n) is 15.2. The van der Waals surface area contributed by atoms with Crippen molar-refractivity contribution in [3.8, 4) is 0 Å². The first kappa shape index (κ1) is 17.8. The topological polar surface area (TPSA) is 40.6 Å². The molecule has 1 fully saturated rings. The van der Waals surface area contributed by atoms with Gasteiger partial charge < -0.3 is 4.90 Å². The summed E-state index contributed by atoms with van der Waals surface area (Å²) in [6.07, 6.45) is 4.47. The summed E-state index contributed by atoms with van der Waals surface area (Å²) in [5.74, 6) is 0.212. The zero-order valence-corrected chi connectivity index (χ0v) is 16.0. The minimum absolute atomic E-state index is 0.126. The van der Waals surface area contributed by atoms with E-state index in [1.165, 1.54) is 16.2 Å². The van der Waals surface area contributed by atoms with Crippen LogP contribution in [0.15, 0.2) is 35.8 Å². The first-order chi connectivity index (χ1) is 11.7. The Morgan fingerprint density at radius 3 is 2.76 bits per heavy atom. The number of imide groups is 1. The lowest BCUT2D eigenvalue weighted by atomic mass is 9.80. The lowest BCUT2D eigenvalue weighted by molar-refractivity contribution is -0.122. The normalized spacial score (nSPS) is 24.0. The number of rotatable bonds is 3. The number of anilines is 1. The van der Waals surface area contributed by atoms with Crippen LogP contribution in [-0.4, -0.2) is 35.2 Å². The molecule has 1 atom stereocenters. The average Bonchev–Trinajstić information content (AvgIpc) is 2.80. The van der Waals surface area contributed by atoms with E-state index in [-0.39, 0.29) is 23.2 Å². The second-order valence-corrected chi connectivity index (χ2v) is 8.37. The van der Waals surface area contributed by atoms with Gasteiger partial charge in [0.25, 0.3) is 11.1 Å². The van der Waals surface area contributed by atoms with Gasteiger partial charge in [0.15, 0.2) is 0 Å². The van der Waals surface area contributed by atoms with Gasteiger partial charge in [-0.25, -0.2) is 0 Å². The van der Waals surface area contributed by atoms with Crippen molar-refractivity contribution in [1.29, 1.82) is 0 Å². The van der Waals surface area contributed by atoms with Crippen molar-refractivity contribution in [2.24, 2.45) is 0 Å². The molecule has 5 heteroatoms. The van der Waals surface area contributed by atoms with E-state index < -0.39 is 0 Å². The number of carbonyl (C=O) groups excluding carboxylic acids is 2. The van der Waals surface area contributed by atoms with Crippen molar-refractivity contribution >= 4 is 34.7 Å². The average molecular weight is 356 g/mol. The van der Waals surface area contributed by atoms with Gasteiger partial charge in [-0.15, -0.1) is 6.58 Å². The molecular weight excluding hydrogens is 332 g/mol. The first-order valence-electron chi connectivity index (χ1n) is 8.48. The van der Waals surface area contributed by atoms with Gasteiger partial charge in [-0.05, 0) is 67.3 Å². The van der Waals surface area contributed by atoms with E-state index in [9.17, 15) is 9.59 Å². The number of hydrogen-bond donors (Lipinski definition) is 0. The fraction of sp³-hybridized carbons (Fsp3) is 0.400. The van der Waals surface area contributed by atoms with Crippen LogP contribution < -0.4 is 4.90 Å².